The maximum Gasteiger partial charge on any atom is 0.422 e. The van der Waals surface area contributed by atoms with E-state index in [4.69, 9.17) is 4.74 Å². The van der Waals surface area contributed by atoms with Crippen LogP contribution < -0.4 is 10.1 Å². The molecule has 0 unspecified atom stereocenters. The van der Waals surface area contributed by atoms with Crippen LogP contribution in [0.3, 0.4) is 0 Å². The van der Waals surface area contributed by atoms with E-state index in [1.165, 1.54) is 6.07 Å². The van der Waals surface area contributed by atoms with Crippen LogP contribution in [0.4, 0.5) is 13.2 Å². The zero-order valence-electron chi connectivity index (χ0n) is 15.1. The van der Waals surface area contributed by atoms with E-state index in [-0.39, 0.29) is 17.6 Å². The van der Waals surface area contributed by atoms with Crippen LogP contribution in [0, 0.1) is 5.92 Å². The van der Waals surface area contributed by atoms with E-state index >= 15 is 0 Å². The Labute approximate surface area is 152 Å². The van der Waals surface area contributed by atoms with Crippen molar-refractivity contribution in [3.63, 3.8) is 0 Å². The van der Waals surface area contributed by atoms with Crippen LogP contribution in [-0.4, -0.2) is 43.2 Å². The summed E-state index contributed by atoms with van der Waals surface area (Å²) in [5.41, 5.74) is 0.913. The summed E-state index contributed by atoms with van der Waals surface area (Å²) in [5, 5.41) is 2.99. The van der Waals surface area contributed by atoms with Crippen molar-refractivity contribution in [2.24, 2.45) is 5.92 Å². The summed E-state index contributed by atoms with van der Waals surface area (Å²) in [6, 6.07) is 6.76. The van der Waals surface area contributed by atoms with Crippen molar-refractivity contribution >= 4 is 5.91 Å². The van der Waals surface area contributed by atoms with E-state index in [2.05, 4.69) is 17.1 Å². The summed E-state index contributed by atoms with van der Waals surface area (Å²) in [5.74, 6) is 0.426. The van der Waals surface area contributed by atoms with Gasteiger partial charge in [-0.3, -0.25) is 9.69 Å². The third-order valence-corrected chi connectivity index (χ3v) is 4.50. The molecule has 1 aromatic carbocycles. The number of nitrogens with zero attached hydrogens (tertiary/aromatic N) is 1. The normalized spacial score (nSPS) is 16.5. The second-order valence-electron chi connectivity index (χ2n) is 6.75. The van der Waals surface area contributed by atoms with Crippen LogP contribution >= 0.6 is 0 Å². The first kappa shape index (κ1) is 20.6. The van der Waals surface area contributed by atoms with Crippen molar-refractivity contribution in [2.45, 2.75) is 45.3 Å². The molecule has 2 rings (SSSR count). The lowest BCUT2D eigenvalue weighted by atomic mass is 9.95. The molecule has 1 aliphatic heterocycles. The van der Waals surface area contributed by atoms with Gasteiger partial charge in [0.1, 0.15) is 5.75 Å². The lowest BCUT2D eigenvalue weighted by molar-refractivity contribution is -0.153. The largest absolute Gasteiger partial charge is 0.484 e. The van der Waals surface area contributed by atoms with Gasteiger partial charge in [0.2, 0.25) is 5.91 Å². The van der Waals surface area contributed by atoms with Crippen molar-refractivity contribution in [3.8, 4) is 5.75 Å². The zero-order valence-corrected chi connectivity index (χ0v) is 15.1. The maximum absolute atomic E-state index is 12.2. The average molecular weight is 372 g/mol. The summed E-state index contributed by atoms with van der Waals surface area (Å²) < 4.78 is 41.5. The molecule has 0 atom stereocenters. The molecule has 1 N–H and O–H groups in total. The van der Waals surface area contributed by atoms with Crippen molar-refractivity contribution in [1.82, 2.24) is 10.2 Å². The SMILES string of the molecule is CCCCNC(=O)C1CCN(Cc2cccc(OCC(F)(F)F)c2)CC1. The number of hydrogen-bond acceptors (Lipinski definition) is 3. The quantitative estimate of drug-likeness (QED) is 0.707. The molecule has 1 saturated heterocycles. The van der Waals surface area contributed by atoms with E-state index < -0.39 is 12.8 Å². The highest BCUT2D eigenvalue weighted by Gasteiger charge is 2.28. The Bertz CT molecular complexity index is 570. The van der Waals surface area contributed by atoms with Crippen LogP contribution in [-0.2, 0) is 11.3 Å². The molecule has 0 spiro atoms. The third kappa shape index (κ3) is 7.23. The van der Waals surface area contributed by atoms with Gasteiger partial charge in [-0.2, -0.15) is 13.2 Å². The number of unbranched alkanes of at least 4 members (excludes halogenated alkanes) is 1. The van der Waals surface area contributed by atoms with Crippen LogP contribution in [0.2, 0.25) is 0 Å². The minimum atomic E-state index is -4.34. The summed E-state index contributed by atoms with van der Waals surface area (Å²) in [7, 11) is 0. The number of benzene rings is 1. The minimum Gasteiger partial charge on any atom is -0.484 e. The Morgan fingerprint density at radius 1 is 1.31 bits per heavy atom. The molecule has 1 fully saturated rings. The van der Waals surface area contributed by atoms with Gasteiger partial charge in [0.05, 0.1) is 0 Å². The first-order chi connectivity index (χ1) is 12.4. The van der Waals surface area contributed by atoms with Gasteiger partial charge >= 0.3 is 6.18 Å². The Morgan fingerprint density at radius 3 is 2.69 bits per heavy atom. The Hall–Kier alpha value is -1.76. The van der Waals surface area contributed by atoms with Crippen LogP contribution in [0.25, 0.3) is 0 Å². The number of halogens is 3. The highest BCUT2D eigenvalue weighted by Crippen LogP contribution is 2.22. The summed E-state index contributed by atoms with van der Waals surface area (Å²) in [6.45, 7) is 3.80. The number of carbonyl (C=O) groups is 1. The molecule has 0 aliphatic carbocycles. The monoisotopic (exact) mass is 372 g/mol. The number of rotatable bonds is 8. The molecule has 0 aromatic heterocycles. The fourth-order valence-corrected chi connectivity index (χ4v) is 3.04. The number of alkyl halides is 3. The molecule has 4 nitrogen and oxygen atoms in total. The smallest absolute Gasteiger partial charge is 0.422 e. The van der Waals surface area contributed by atoms with E-state index in [1.54, 1.807) is 12.1 Å². The highest BCUT2D eigenvalue weighted by atomic mass is 19.4. The highest BCUT2D eigenvalue weighted by molar-refractivity contribution is 5.78. The zero-order chi connectivity index (χ0) is 19.0. The van der Waals surface area contributed by atoms with Gasteiger partial charge in [-0.25, -0.2) is 0 Å². The molecule has 0 bridgehead atoms. The predicted octanol–water partition coefficient (Wildman–Crippen LogP) is 3.76. The van der Waals surface area contributed by atoms with Gasteiger partial charge in [-0.1, -0.05) is 25.5 Å². The molecule has 0 saturated carbocycles. The van der Waals surface area contributed by atoms with Crippen molar-refractivity contribution in [1.29, 1.82) is 0 Å². The van der Waals surface area contributed by atoms with Gasteiger partial charge in [0, 0.05) is 19.0 Å². The molecule has 1 amide bonds. The van der Waals surface area contributed by atoms with Gasteiger partial charge in [0.25, 0.3) is 0 Å². The molecule has 1 heterocycles. The summed E-state index contributed by atoms with van der Waals surface area (Å²) in [4.78, 5) is 14.3. The lowest BCUT2D eigenvalue weighted by Crippen LogP contribution is -2.40. The first-order valence-corrected chi connectivity index (χ1v) is 9.16. The molecular formula is C19H27F3N2O2. The Morgan fingerprint density at radius 2 is 2.04 bits per heavy atom. The van der Waals surface area contributed by atoms with E-state index in [0.29, 0.717) is 6.54 Å². The lowest BCUT2D eigenvalue weighted by Gasteiger charge is -2.31. The molecule has 7 heteroatoms. The molecule has 1 aromatic rings. The minimum absolute atomic E-state index is 0.0598. The number of amides is 1. The summed E-state index contributed by atoms with van der Waals surface area (Å²) in [6.07, 6.45) is -0.665. The number of nitrogens with one attached hydrogen (secondary N) is 1. The van der Waals surface area contributed by atoms with Gasteiger partial charge < -0.3 is 10.1 Å². The van der Waals surface area contributed by atoms with Crippen LogP contribution in [0.15, 0.2) is 24.3 Å². The van der Waals surface area contributed by atoms with Gasteiger partial charge in [0.15, 0.2) is 6.61 Å². The van der Waals surface area contributed by atoms with Gasteiger partial charge in [-0.05, 0) is 50.0 Å². The number of hydrogen-bond donors (Lipinski definition) is 1. The second kappa shape index (κ2) is 9.80. The number of carbonyl (C=O) groups excluding carboxylic acids is 1. The molecular weight excluding hydrogens is 345 g/mol. The Kier molecular flexibility index (Phi) is 7.75. The second-order valence-corrected chi connectivity index (χ2v) is 6.75. The van der Waals surface area contributed by atoms with E-state index in [0.717, 1.165) is 50.9 Å². The van der Waals surface area contributed by atoms with Crippen LogP contribution in [0.1, 0.15) is 38.2 Å². The van der Waals surface area contributed by atoms with Crippen molar-refractivity contribution < 1.29 is 22.7 Å². The average Bonchev–Trinajstić information content (AvgIpc) is 2.60. The van der Waals surface area contributed by atoms with Crippen molar-refractivity contribution in [3.05, 3.63) is 29.8 Å². The number of likely N-dealkylation sites (tertiary alicyclic amines) is 1. The fraction of sp³-hybridized carbons (Fsp3) is 0.632. The fourth-order valence-electron chi connectivity index (χ4n) is 3.04. The molecule has 146 valence electrons. The Balaban J connectivity index is 1.77. The number of piperidine rings is 1. The molecule has 26 heavy (non-hydrogen) atoms. The predicted molar refractivity (Wildman–Crippen MR) is 93.9 cm³/mol. The molecule has 1 aliphatic rings. The van der Waals surface area contributed by atoms with E-state index in [1.807, 2.05) is 6.07 Å². The first-order valence-electron chi connectivity index (χ1n) is 9.16. The van der Waals surface area contributed by atoms with Crippen molar-refractivity contribution in [2.75, 3.05) is 26.2 Å². The summed E-state index contributed by atoms with van der Waals surface area (Å²) >= 11 is 0. The maximum atomic E-state index is 12.2. The van der Waals surface area contributed by atoms with E-state index in [9.17, 15) is 18.0 Å². The third-order valence-electron chi connectivity index (χ3n) is 4.50. The van der Waals surface area contributed by atoms with Crippen LogP contribution in [0.5, 0.6) is 5.75 Å². The topological polar surface area (TPSA) is 41.6 Å². The number of ether oxygens (including phenoxy) is 1. The molecule has 0 radical (unpaired) electrons. The van der Waals surface area contributed by atoms with Gasteiger partial charge in [-0.15, -0.1) is 0 Å². The standard InChI is InChI=1S/C19H27F3N2O2/c1-2-3-9-23-18(25)16-7-10-24(11-8-16)13-15-5-4-6-17(12-15)26-14-19(20,21)22/h4-6,12,16H,2-3,7-11,13-14H2,1H3,(H,23,25).